The zero-order chi connectivity index (χ0) is 14.4. The van der Waals surface area contributed by atoms with Crippen molar-refractivity contribution >= 4 is 6.29 Å². The van der Waals surface area contributed by atoms with Gasteiger partial charge in [0.1, 0.15) is 12.0 Å². The zero-order valence-corrected chi connectivity index (χ0v) is 12.5. The minimum Gasteiger partial charge on any atom is -0.494 e. The first-order chi connectivity index (χ1) is 9.70. The molecule has 110 valence electrons. The van der Waals surface area contributed by atoms with Crippen molar-refractivity contribution in [1.29, 1.82) is 0 Å². The van der Waals surface area contributed by atoms with Crippen molar-refractivity contribution in [3.63, 3.8) is 0 Å². The van der Waals surface area contributed by atoms with E-state index in [0.717, 1.165) is 31.6 Å². The third kappa shape index (κ3) is 4.07. The van der Waals surface area contributed by atoms with Gasteiger partial charge in [0.2, 0.25) is 0 Å². The lowest BCUT2D eigenvalue weighted by atomic mass is 9.97. The Morgan fingerprint density at radius 3 is 2.45 bits per heavy atom. The number of ether oxygens (including phenoxy) is 1. The van der Waals surface area contributed by atoms with Gasteiger partial charge >= 0.3 is 0 Å². The summed E-state index contributed by atoms with van der Waals surface area (Å²) in [5, 5.41) is 0. The lowest BCUT2D eigenvalue weighted by Gasteiger charge is -2.39. The molecule has 2 rings (SSSR count). The highest BCUT2D eigenvalue weighted by atomic mass is 16.5. The second kappa shape index (κ2) is 7.44. The van der Waals surface area contributed by atoms with Gasteiger partial charge in [-0.2, -0.15) is 0 Å². The molecule has 2 atom stereocenters. The van der Waals surface area contributed by atoms with E-state index in [9.17, 15) is 4.79 Å². The van der Waals surface area contributed by atoms with Crippen LogP contribution in [0.3, 0.4) is 0 Å². The Balaban J connectivity index is 1.71. The van der Waals surface area contributed by atoms with Crippen molar-refractivity contribution in [3.8, 4) is 5.75 Å². The summed E-state index contributed by atoms with van der Waals surface area (Å²) < 4.78 is 5.72. The van der Waals surface area contributed by atoms with Gasteiger partial charge in [-0.3, -0.25) is 9.69 Å². The first-order valence-corrected chi connectivity index (χ1v) is 7.64. The smallest absolute Gasteiger partial charge is 0.150 e. The third-order valence-corrected chi connectivity index (χ3v) is 4.22. The SMILES string of the molecule is C[C@H]1CCC[C@H](C)N1CCCOc1ccc(C=O)cc1. The fourth-order valence-electron chi connectivity index (χ4n) is 3.00. The number of hydrogen-bond donors (Lipinski definition) is 0. The van der Waals surface area contributed by atoms with E-state index < -0.39 is 0 Å². The van der Waals surface area contributed by atoms with E-state index in [1.54, 1.807) is 12.1 Å². The van der Waals surface area contributed by atoms with Crippen molar-refractivity contribution in [2.24, 2.45) is 0 Å². The monoisotopic (exact) mass is 275 g/mol. The van der Waals surface area contributed by atoms with E-state index in [0.29, 0.717) is 17.6 Å². The van der Waals surface area contributed by atoms with Crippen molar-refractivity contribution in [2.45, 2.75) is 51.6 Å². The van der Waals surface area contributed by atoms with Crippen LogP contribution >= 0.6 is 0 Å². The molecule has 0 saturated carbocycles. The van der Waals surface area contributed by atoms with E-state index in [-0.39, 0.29) is 0 Å². The van der Waals surface area contributed by atoms with E-state index >= 15 is 0 Å². The maximum atomic E-state index is 10.6. The van der Waals surface area contributed by atoms with Crippen LogP contribution in [-0.4, -0.2) is 36.4 Å². The van der Waals surface area contributed by atoms with Gasteiger partial charge in [-0.1, -0.05) is 6.42 Å². The molecular formula is C17H25NO2. The molecular weight excluding hydrogens is 250 g/mol. The predicted molar refractivity (Wildman–Crippen MR) is 81.4 cm³/mol. The molecule has 0 spiro atoms. The van der Waals surface area contributed by atoms with Crippen molar-refractivity contribution in [3.05, 3.63) is 29.8 Å². The minimum absolute atomic E-state index is 0.688. The fraction of sp³-hybridized carbons (Fsp3) is 0.588. The van der Waals surface area contributed by atoms with E-state index in [4.69, 9.17) is 4.74 Å². The molecule has 1 aliphatic heterocycles. The van der Waals surface area contributed by atoms with E-state index in [1.807, 2.05) is 12.1 Å². The summed E-state index contributed by atoms with van der Waals surface area (Å²) >= 11 is 0. The Morgan fingerprint density at radius 2 is 1.85 bits per heavy atom. The summed E-state index contributed by atoms with van der Waals surface area (Å²) in [6.45, 7) is 6.49. The molecule has 0 unspecified atom stereocenters. The second-order valence-electron chi connectivity index (χ2n) is 5.76. The van der Waals surface area contributed by atoms with Crippen LogP contribution < -0.4 is 4.74 Å². The van der Waals surface area contributed by atoms with E-state index in [1.165, 1.54) is 19.3 Å². The maximum absolute atomic E-state index is 10.6. The summed E-state index contributed by atoms with van der Waals surface area (Å²) in [5.74, 6) is 0.843. The summed E-state index contributed by atoms with van der Waals surface area (Å²) in [6, 6.07) is 8.69. The summed E-state index contributed by atoms with van der Waals surface area (Å²) in [4.78, 5) is 13.2. The lowest BCUT2D eigenvalue weighted by Crippen LogP contribution is -2.44. The van der Waals surface area contributed by atoms with Gasteiger partial charge < -0.3 is 4.74 Å². The molecule has 0 aliphatic carbocycles. The molecule has 0 aromatic heterocycles. The highest BCUT2D eigenvalue weighted by Crippen LogP contribution is 2.22. The molecule has 0 radical (unpaired) electrons. The van der Waals surface area contributed by atoms with Crippen LogP contribution in [0.5, 0.6) is 5.75 Å². The Bertz CT molecular complexity index is 406. The average Bonchev–Trinajstić information content (AvgIpc) is 2.46. The summed E-state index contributed by atoms with van der Waals surface area (Å²) in [5.41, 5.74) is 0.688. The van der Waals surface area contributed by atoms with Crippen molar-refractivity contribution in [2.75, 3.05) is 13.2 Å². The third-order valence-electron chi connectivity index (χ3n) is 4.22. The highest BCUT2D eigenvalue weighted by molar-refractivity contribution is 5.74. The minimum atomic E-state index is 0.688. The van der Waals surface area contributed by atoms with Crippen LogP contribution in [0.25, 0.3) is 0 Å². The Morgan fingerprint density at radius 1 is 1.20 bits per heavy atom. The molecule has 1 aromatic rings. The average molecular weight is 275 g/mol. The quantitative estimate of drug-likeness (QED) is 0.587. The van der Waals surface area contributed by atoms with Gasteiger partial charge in [-0.05, 0) is 57.4 Å². The van der Waals surface area contributed by atoms with Crippen molar-refractivity contribution < 1.29 is 9.53 Å². The molecule has 1 aliphatic rings. The van der Waals surface area contributed by atoms with Gasteiger partial charge in [0.15, 0.2) is 0 Å². The number of rotatable bonds is 6. The van der Waals surface area contributed by atoms with Crippen LogP contribution in [-0.2, 0) is 0 Å². The van der Waals surface area contributed by atoms with Gasteiger partial charge in [0, 0.05) is 24.2 Å². The first kappa shape index (κ1) is 15.0. The van der Waals surface area contributed by atoms with Crippen LogP contribution in [0.15, 0.2) is 24.3 Å². The first-order valence-electron chi connectivity index (χ1n) is 7.64. The number of benzene rings is 1. The predicted octanol–water partition coefficient (Wildman–Crippen LogP) is 3.53. The van der Waals surface area contributed by atoms with Crippen LogP contribution in [0.2, 0.25) is 0 Å². The summed E-state index contributed by atoms with van der Waals surface area (Å²) in [7, 11) is 0. The molecule has 1 fully saturated rings. The molecule has 3 heteroatoms. The van der Waals surface area contributed by atoms with Gasteiger partial charge in [0.25, 0.3) is 0 Å². The van der Waals surface area contributed by atoms with E-state index in [2.05, 4.69) is 18.7 Å². The standard InChI is InChI=1S/C17H25NO2/c1-14-5-3-6-15(2)18(14)11-4-12-20-17-9-7-16(13-19)8-10-17/h7-10,13-15H,3-6,11-12H2,1-2H3/t14-,15-/m0/s1. The Kier molecular flexibility index (Phi) is 5.60. The van der Waals surface area contributed by atoms with Gasteiger partial charge in [-0.25, -0.2) is 0 Å². The highest BCUT2D eigenvalue weighted by Gasteiger charge is 2.23. The fourth-order valence-corrected chi connectivity index (χ4v) is 3.00. The molecule has 1 heterocycles. The number of aldehydes is 1. The molecule has 0 N–H and O–H groups in total. The Hall–Kier alpha value is -1.35. The number of hydrogen-bond acceptors (Lipinski definition) is 3. The largest absolute Gasteiger partial charge is 0.494 e. The molecule has 1 saturated heterocycles. The number of piperidine rings is 1. The number of nitrogens with zero attached hydrogens (tertiary/aromatic N) is 1. The van der Waals surface area contributed by atoms with Gasteiger partial charge in [-0.15, -0.1) is 0 Å². The molecule has 1 aromatic carbocycles. The zero-order valence-electron chi connectivity index (χ0n) is 12.5. The lowest BCUT2D eigenvalue weighted by molar-refractivity contribution is 0.0961. The number of carbonyl (C=O) groups excluding carboxylic acids is 1. The van der Waals surface area contributed by atoms with Crippen LogP contribution in [0.4, 0.5) is 0 Å². The maximum Gasteiger partial charge on any atom is 0.150 e. The van der Waals surface area contributed by atoms with Crippen molar-refractivity contribution in [1.82, 2.24) is 4.90 Å². The molecule has 0 amide bonds. The topological polar surface area (TPSA) is 29.5 Å². The Labute approximate surface area is 121 Å². The van der Waals surface area contributed by atoms with Crippen LogP contribution in [0.1, 0.15) is 49.9 Å². The summed E-state index contributed by atoms with van der Waals surface area (Å²) in [6.07, 6.45) is 5.89. The number of likely N-dealkylation sites (tertiary alicyclic amines) is 1. The van der Waals surface area contributed by atoms with Crippen LogP contribution in [0, 0.1) is 0 Å². The molecule has 0 bridgehead atoms. The molecule has 3 nitrogen and oxygen atoms in total. The molecule has 20 heavy (non-hydrogen) atoms. The number of carbonyl (C=O) groups is 1. The van der Waals surface area contributed by atoms with Gasteiger partial charge in [0.05, 0.1) is 6.61 Å². The normalized spacial score (nSPS) is 23.5. The second-order valence-corrected chi connectivity index (χ2v) is 5.76.